The first-order valence-corrected chi connectivity index (χ1v) is 7.36. The fourth-order valence-corrected chi connectivity index (χ4v) is 3.02. The minimum atomic E-state index is -0.664. The first kappa shape index (κ1) is 15.2. The van der Waals surface area contributed by atoms with Gasteiger partial charge in [-0.05, 0) is 17.7 Å². The molecule has 1 saturated heterocycles. The Morgan fingerprint density at radius 1 is 1.17 bits per heavy atom. The molecule has 1 aliphatic rings. The highest BCUT2D eigenvalue weighted by molar-refractivity contribution is 7.80. The standard InChI is InChI=1S/C17H12FN3OS/c18-12-6-4-11(5-7-12)14-13(10-19)17(23)20-16(22)15(14)21-8-2-1-3-9-21/h1-9,14-15H,(H,20,22,23)/t14-,15+/m1/s1. The molecule has 3 rings (SSSR count). The third-order valence-electron chi connectivity index (χ3n) is 3.79. The Hall–Kier alpha value is -2.69. The third kappa shape index (κ3) is 2.82. The Bertz CT molecular complexity index is 813. The molecule has 1 aliphatic heterocycles. The number of carbonyl (C=O) groups is 1. The van der Waals surface area contributed by atoms with Gasteiger partial charge in [0.1, 0.15) is 10.8 Å². The van der Waals surface area contributed by atoms with Crippen LogP contribution >= 0.6 is 12.2 Å². The normalized spacial score (nSPS) is 20.8. The van der Waals surface area contributed by atoms with Crippen LogP contribution in [0.1, 0.15) is 17.5 Å². The molecule has 114 valence electrons. The molecule has 23 heavy (non-hydrogen) atoms. The predicted octanol–water partition coefficient (Wildman–Crippen LogP) is 2.06. The molecule has 0 unspecified atom stereocenters. The molecule has 1 amide bonds. The maximum absolute atomic E-state index is 13.2. The first-order valence-electron chi connectivity index (χ1n) is 6.95. The zero-order valence-electron chi connectivity index (χ0n) is 11.9. The number of hydrogen-bond donors (Lipinski definition) is 1. The van der Waals surface area contributed by atoms with Crippen molar-refractivity contribution in [1.82, 2.24) is 5.32 Å². The zero-order valence-corrected chi connectivity index (χ0v) is 12.8. The van der Waals surface area contributed by atoms with Gasteiger partial charge in [-0.25, -0.2) is 4.39 Å². The van der Waals surface area contributed by atoms with Crippen molar-refractivity contribution >= 4 is 29.0 Å². The van der Waals surface area contributed by atoms with Crippen molar-refractivity contribution in [2.75, 3.05) is 0 Å². The third-order valence-corrected chi connectivity index (χ3v) is 4.11. The molecule has 1 aromatic carbocycles. The molecule has 1 N–H and O–H groups in total. The largest absolute Gasteiger partial charge is 0.763 e. The van der Waals surface area contributed by atoms with Crippen LogP contribution in [0.25, 0.3) is 5.41 Å². The van der Waals surface area contributed by atoms with Gasteiger partial charge in [0.25, 0.3) is 5.91 Å². The summed E-state index contributed by atoms with van der Waals surface area (Å²) in [5.74, 6) is 0.862. The summed E-state index contributed by atoms with van der Waals surface area (Å²) >= 11 is 5.13. The van der Waals surface area contributed by atoms with E-state index in [-0.39, 0.29) is 16.7 Å². The molecule has 0 radical (unpaired) electrons. The Morgan fingerprint density at radius 3 is 2.43 bits per heavy atom. The molecule has 1 aromatic heterocycles. The van der Waals surface area contributed by atoms with Crippen LogP contribution in [0, 0.1) is 5.82 Å². The van der Waals surface area contributed by atoms with Crippen LogP contribution < -0.4 is 9.88 Å². The van der Waals surface area contributed by atoms with Gasteiger partial charge in [0.15, 0.2) is 12.4 Å². The number of pyridine rings is 1. The van der Waals surface area contributed by atoms with Gasteiger partial charge in [-0.15, -0.1) is 0 Å². The van der Waals surface area contributed by atoms with Gasteiger partial charge in [0.2, 0.25) is 6.04 Å². The van der Waals surface area contributed by atoms with E-state index in [4.69, 9.17) is 12.2 Å². The second kappa shape index (κ2) is 6.20. The van der Waals surface area contributed by atoms with E-state index in [9.17, 15) is 14.6 Å². The van der Waals surface area contributed by atoms with Crippen molar-refractivity contribution < 1.29 is 13.8 Å². The summed E-state index contributed by atoms with van der Waals surface area (Å²) in [5, 5.41) is 12.1. The topological polar surface area (TPSA) is 55.3 Å². The van der Waals surface area contributed by atoms with E-state index in [0.717, 1.165) is 0 Å². The lowest BCUT2D eigenvalue weighted by molar-refractivity contribution is -0.711. The highest BCUT2D eigenvalue weighted by Gasteiger charge is 2.44. The van der Waals surface area contributed by atoms with Crippen molar-refractivity contribution in [2.45, 2.75) is 12.0 Å². The molecule has 4 nitrogen and oxygen atoms in total. The molecular weight excluding hydrogens is 313 g/mol. The van der Waals surface area contributed by atoms with Crippen molar-refractivity contribution in [3.8, 4) is 0 Å². The van der Waals surface area contributed by atoms with Crippen LogP contribution in [0.2, 0.25) is 0 Å². The van der Waals surface area contributed by atoms with E-state index in [2.05, 4.69) is 11.2 Å². The summed E-state index contributed by atoms with van der Waals surface area (Å²) in [7, 11) is 0. The monoisotopic (exact) mass is 325 g/mol. The van der Waals surface area contributed by atoms with E-state index < -0.39 is 12.0 Å². The van der Waals surface area contributed by atoms with E-state index >= 15 is 0 Å². The first-order chi connectivity index (χ1) is 11.1. The highest BCUT2D eigenvalue weighted by Crippen LogP contribution is 2.35. The number of nitrogens with one attached hydrogen (secondary N) is 1. The molecule has 0 aliphatic carbocycles. The number of amides is 1. The van der Waals surface area contributed by atoms with Crippen molar-refractivity contribution in [3.05, 3.63) is 77.2 Å². The zero-order chi connectivity index (χ0) is 16.4. The highest BCUT2D eigenvalue weighted by atomic mass is 32.1. The number of hydrogen-bond acceptors (Lipinski definition) is 2. The number of halogens is 1. The van der Waals surface area contributed by atoms with Crippen LogP contribution in [0.4, 0.5) is 4.39 Å². The minimum absolute atomic E-state index is 0.125. The maximum Gasteiger partial charge on any atom is 0.295 e. The van der Waals surface area contributed by atoms with Crippen LogP contribution in [-0.2, 0) is 4.79 Å². The van der Waals surface area contributed by atoms with Crippen LogP contribution in [0.3, 0.4) is 0 Å². The Kier molecular flexibility index (Phi) is 4.10. The van der Waals surface area contributed by atoms with Gasteiger partial charge in [0.05, 0.1) is 5.92 Å². The van der Waals surface area contributed by atoms with Gasteiger partial charge in [-0.1, -0.05) is 30.4 Å². The molecule has 1 fully saturated rings. The quantitative estimate of drug-likeness (QED) is 0.398. The number of piperidine rings is 1. The minimum Gasteiger partial charge on any atom is -0.763 e. The molecular formula is C17H12FN3OS. The number of aromatic nitrogens is 1. The smallest absolute Gasteiger partial charge is 0.295 e. The van der Waals surface area contributed by atoms with Gasteiger partial charge >= 0.3 is 0 Å². The predicted molar refractivity (Wildman–Crippen MR) is 87.4 cm³/mol. The van der Waals surface area contributed by atoms with Crippen LogP contribution in [-0.4, -0.2) is 16.8 Å². The Morgan fingerprint density at radius 2 is 1.83 bits per heavy atom. The summed E-state index contributed by atoms with van der Waals surface area (Å²) < 4.78 is 14.9. The fraction of sp³-hybridized carbons (Fsp3) is 0.118. The summed E-state index contributed by atoms with van der Waals surface area (Å²) in [6.45, 7) is 0. The summed E-state index contributed by atoms with van der Waals surface area (Å²) in [6.07, 6.45) is 3.51. The van der Waals surface area contributed by atoms with Crippen molar-refractivity contribution in [1.29, 1.82) is 0 Å². The molecule has 0 spiro atoms. The number of rotatable bonds is 2. The molecule has 2 heterocycles. The van der Waals surface area contributed by atoms with E-state index in [1.165, 1.54) is 12.1 Å². The SMILES string of the molecule is [N-]=C=C1C(=S)NC(=O)[C@@H]([n+]2ccccc2)[C@@H]1c1ccc(F)cc1. The Labute approximate surface area is 137 Å². The molecule has 2 aromatic rings. The number of benzene rings is 1. The average molecular weight is 325 g/mol. The van der Waals surface area contributed by atoms with Gasteiger partial charge < -0.3 is 10.7 Å². The van der Waals surface area contributed by atoms with Gasteiger partial charge in [-0.2, -0.15) is 4.57 Å². The van der Waals surface area contributed by atoms with Gasteiger partial charge in [-0.3, -0.25) is 10.7 Å². The maximum atomic E-state index is 13.2. The molecule has 0 bridgehead atoms. The van der Waals surface area contributed by atoms with Crippen molar-refractivity contribution in [2.24, 2.45) is 0 Å². The summed E-state index contributed by atoms with van der Waals surface area (Å²) in [5.41, 5.74) is 0.967. The molecule has 2 atom stereocenters. The molecule has 0 saturated carbocycles. The Balaban J connectivity index is 2.17. The average Bonchev–Trinajstić information content (AvgIpc) is 2.56. The lowest BCUT2D eigenvalue weighted by Gasteiger charge is -2.30. The van der Waals surface area contributed by atoms with Gasteiger partial charge in [0, 0.05) is 17.7 Å². The summed E-state index contributed by atoms with van der Waals surface area (Å²) in [4.78, 5) is 12.6. The van der Waals surface area contributed by atoms with Crippen LogP contribution in [0.5, 0.6) is 0 Å². The lowest BCUT2D eigenvalue weighted by Crippen LogP contribution is -2.56. The second-order valence-electron chi connectivity index (χ2n) is 5.14. The van der Waals surface area contributed by atoms with E-state index in [1.54, 1.807) is 41.2 Å². The number of nitrogens with zero attached hydrogens (tertiary/aromatic N) is 2. The van der Waals surface area contributed by atoms with Crippen LogP contribution in [0.15, 0.2) is 60.4 Å². The fourth-order valence-electron chi connectivity index (χ4n) is 2.75. The second-order valence-corrected chi connectivity index (χ2v) is 5.55. The summed E-state index contributed by atoms with van der Waals surface area (Å²) in [6, 6.07) is 10.6. The molecule has 6 heteroatoms. The number of thiocarbonyl (C=S) groups is 1. The number of carbonyl (C=O) groups excluding carboxylic acids is 1. The van der Waals surface area contributed by atoms with Crippen molar-refractivity contribution in [3.63, 3.8) is 0 Å². The van der Waals surface area contributed by atoms with E-state index in [1.807, 2.05) is 6.07 Å². The lowest BCUT2D eigenvalue weighted by atomic mass is 9.82. The van der Waals surface area contributed by atoms with E-state index in [0.29, 0.717) is 11.1 Å².